The number of nitrogens with one attached hydrogen (secondary N) is 1. The first-order valence-corrected chi connectivity index (χ1v) is 8.24. The number of ether oxygens (including phenoxy) is 2. The topological polar surface area (TPSA) is 50.7 Å². The number of hydrogen-bond acceptors (Lipinski definition) is 4. The van der Waals surface area contributed by atoms with Crippen molar-refractivity contribution in [2.75, 3.05) is 27.3 Å². The van der Waals surface area contributed by atoms with Gasteiger partial charge in [0.25, 0.3) is 0 Å². The molecule has 1 aromatic carbocycles. The summed E-state index contributed by atoms with van der Waals surface area (Å²) in [5, 5.41) is 13.9. The molecule has 2 rings (SSSR count). The molecule has 1 aromatic rings. The first-order valence-electron chi connectivity index (χ1n) is 8.24. The van der Waals surface area contributed by atoms with Crippen LogP contribution in [0.5, 0.6) is 11.5 Å². The molecular weight excluding hydrogens is 278 g/mol. The third-order valence-electron chi connectivity index (χ3n) is 4.61. The molecule has 22 heavy (non-hydrogen) atoms. The SMILES string of the molecule is COc1ccc(OC)c(C(O)CNCC2CCCC(C)C2)c1. The van der Waals surface area contributed by atoms with E-state index in [9.17, 15) is 5.11 Å². The van der Waals surface area contributed by atoms with E-state index in [-0.39, 0.29) is 0 Å². The van der Waals surface area contributed by atoms with Gasteiger partial charge >= 0.3 is 0 Å². The molecule has 0 aliphatic heterocycles. The summed E-state index contributed by atoms with van der Waals surface area (Å²) in [6, 6.07) is 5.51. The maximum Gasteiger partial charge on any atom is 0.124 e. The minimum absolute atomic E-state index is 0.536. The molecule has 1 fully saturated rings. The Balaban J connectivity index is 1.87. The fraction of sp³-hybridized carbons (Fsp3) is 0.667. The van der Waals surface area contributed by atoms with Gasteiger partial charge in [0, 0.05) is 12.1 Å². The van der Waals surface area contributed by atoms with Crippen LogP contribution < -0.4 is 14.8 Å². The Kier molecular flexibility index (Phi) is 6.52. The van der Waals surface area contributed by atoms with E-state index in [0.717, 1.165) is 29.7 Å². The maximum absolute atomic E-state index is 10.4. The molecule has 3 unspecified atom stereocenters. The molecule has 3 atom stereocenters. The van der Waals surface area contributed by atoms with Crippen LogP contribution in [0.25, 0.3) is 0 Å². The monoisotopic (exact) mass is 307 g/mol. The van der Waals surface area contributed by atoms with Crippen molar-refractivity contribution in [3.8, 4) is 11.5 Å². The summed E-state index contributed by atoms with van der Waals surface area (Å²) in [5.74, 6) is 3.00. The molecule has 1 aliphatic rings. The minimum atomic E-state index is -0.592. The number of hydrogen-bond donors (Lipinski definition) is 2. The summed E-state index contributed by atoms with van der Waals surface area (Å²) in [6.45, 7) is 3.85. The molecule has 2 N–H and O–H groups in total. The van der Waals surface area contributed by atoms with Gasteiger partial charge in [-0.05, 0) is 49.4 Å². The Morgan fingerprint density at radius 1 is 1.27 bits per heavy atom. The average molecular weight is 307 g/mol. The van der Waals surface area contributed by atoms with Crippen LogP contribution in [0.4, 0.5) is 0 Å². The van der Waals surface area contributed by atoms with Crippen LogP contribution >= 0.6 is 0 Å². The standard InChI is InChI=1S/C18H29NO3/c1-13-5-4-6-14(9-13)11-19-12-17(20)16-10-15(21-2)7-8-18(16)22-3/h7-8,10,13-14,17,19-20H,4-6,9,11-12H2,1-3H3. The van der Waals surface area contributed by atoms with Crippen LogP contribution in [-0.4, -0.2) is 32.4 Å². The maximum atomic E-state index is 10.4. The fourth-order valence-electron chi connectivity index (χ4n) is 3.38. The van der Waals surface area contributed by atoms with Crippen molar-refractivity contribution in [1.82, 2.24) is 5.32 Å². The molecule has 4 heteroatoms. The van der Waals surface area contributed by atoms with Crippen molar-refractivity contribution < 1.29 is 14.6 Å². The smallest absolute Gasteiger partial charge is 0.124 e. The highest BCUT2D eigenvalue weighted by Gasteiger charge is 2.19. The molecule has 0 aromatic heterocycles. The molecule has 0 saturated heterocycles. The lowest BCUT2D eigenvalue weighted by Gasteiger charge is -2.27. The third-order valence-corrected chi connectivity index (χ3v) is 4.61. The van der Waals surface area contributed by atoms with E-state index < -0.39 is 6.10 Å². The van der Waals surface area contributed by atoms with E-state index in [1.165, 1.54) is 25.7 Å². The number of methoxy groups -OCH3 is 2. The van der Waals surface area contributed by atoms with Gasteiger partial charge in [-0.3, -0.25) is 0 Å². The van der Waals surface area contributed by atoms with Gasteiger partial charge in [0.1, 0.15) is 11.5 Å². The van der Waals surface area contributed by atoms with Gasteiger partial charge in [0.15, 0.2) is 0 Å². The number of benzene rings is 1. The van der Waals surface area contributed by atoms with Crippen LogP contribution in [0.15, 0.2) is 18.2 Å². The van der Waals surface area contributed by atoms with Gasteiger partial charge < -0.3 is 19.9 Å². The highest BCUT2D eigenvalue weighted by Crippen LogP contribution is 2.30. The zero-order valence-electron chi connectivity index (χ0n) is 14.0. The lowest BCUT2D eigenvalue weighted by Crippen LogP contribution is -2.30. The van der Waals surface area contributed by atoms with Crippen LogP contribution in [0.1, 0.15) is 44.3 Å². The van der Waals surface area contributed by atoms with Crippen LogP contribution in [0, 0.1) is 11.8 Å². The van der Waals surface area contributed by atoms with Crippen LogP contribution in [0.3, 0.4) is 0 Å². The number of aliphatic hydroxyl groups excluding tert-OH is 1. The Hall–Kier alpha value is -1.26. The quantitative estimate of drug-likeness (QED) is 0.812. The lowest BCUT2D eigenvalue weighted by molar-refractivity contribution is 0.164. The second-order valence-electron chi connectivity index (χ2n) is 6.42. The van der Waals surface area contributed by atoms with Crippen molar-refractivity contribution >= 4 is 0 Å². The van der Waals surface area contributed by atoms with Gasteiger partial charge in [0.05, 0.1) is 20.3 Å². The van der Waals surface area contributed by atoms with Crippen molar-refractivity contribution in [2.45, 2.75) is 38.7 Å². The first-order chi connectivity index (χ1) is 10.6. The highest BCUT2D eigenvalue weighted by atomic mass is 16.5. The molecule has 0 heterocycles. The van der Waals surface area contributed by atoms with Gasteiger partial charge in [0.2, 0.25) is 0 Å². The lowest BCUT2D eigenvalue weighted by atomic mass is 9.82. The molecule has 0 bridgehead atoms. The highest BCUT2D eigenvalue weighted by molar-refractivity contribution is 5.41. The van der Waals surface area contributed by atoms with Crippen LogP contribution in [-0.2, 0) is 0 Å². The van der Waals surface area contributed by atoms with E-state index in [2.05, 4.69) is 12.2 Å². The molecule has 4 nitrogen and oxygen atoms in total. The Labute approximate surface area is 133 Å². The summed E-state index contributed by atoms with van der Waals surface area (Å²) >= 11 is 0. The summed E-state index contributed by atoms with van der Waals surface area (Å²) in [5.41, 5.74) is 0.770. The first kappa shape index (κ1) is 17.1. The normalized spacial score (nSPS) is 23.1. The zero-order chi connectivity index (χ0) is 15.9. The van der Waals surface area contributed by atoms with Gasteiger partial charge in [-0.1, -0.05) is 19.8 Å². The van der Waals surface area contributed by atoms with Crippen molar-refractivity contribution in [1.29, 1.82) is 0 Å². The van der Waals surface area contributed by atoms with Crippen molar-refractivity contribution in [3.63, 3.8) is 0 Å². The van der Waals surface area contributed by atoms with Gasteiger partial charge in [-0.2, -0.15) is 0 Å². The Morgan fingerprint density at radius 2 is 2.09 bits per heavy atom. The molecule has 0 amide bonds. The molecule has 0 radical (unpaired) electrons. The summed E-state index contributed by atoms with van der Waals surface area (Å²) in [6.07, 6.45) is 4.70. The summed E-state index contributed by atoms with van der Waals surface area (Å²) in [7, 11) is 3.25. The molecule has 1 aliphatic carbocycles. The second-order valence-corrected chi connectivity index (χ2v) is 6.42. The predicted octanol–water partition coefficient (Wildman–Crippen LogP) is 3.15. The van der Waals surface area contributed by atoms with E-state index in [1.807, 2.05) is 18.2 Å². The summed E-state index contributed by atoms with van der Waals surface area (Å²) in [4.78, 5) is 0. The van der Waals surface area contributed by atoms with E-state index >= 15 is 0 Å². The van der Waals surface area contributed by atoms with Gasteiger partial charge in [-0.15, -0.1) is 0 Å². The fourth-order valence-corrected chi connectivity index (χ4v) is 3.38. The minimum Gasteiger partial charge on any atom is -0.497 e. The van der Waals surface area contributed by atoms with Crippen molar-refractivity contribution in [2.24, 2.45) is 11.8 Å². The van der Waals surface area contributed by atoms with Crippen LogP contribution in [0.2, 0.25) is 0 Å². The van der Waals surface area contributed by atoms with E-state index in [4.69, 9.17) is 9.47 Å². The van der Waals surface area contributed by atoms with Gasteiger partial charge in [-0.25, -0.2) is 0 Å². The Morgan fingerprint density at radius 3 is 2.77 bits per heavy atom. The predicted molar refractivity (Wildman–Crippen MR) is 88.5 cm³/mol. The molecular formula is C18H29NO3. The Bertz CT molecular complexity index is 464. The number of rotatable bonds is 7. The molecule has 124 valence electrons. The largest absolute Gasteiger partial charge is 0.497 e. The number of aliphatic hydroxyl groups is 1. The van der Waals surface area contributed by atoms with E-state index in [1.54, 1.807) is 14.2 Å². The second kappa shape index (κ2) is 8.39. The van der Waals surface area contributed by atoms with E-state index in [0.29, 0.717) is 12.3 Å². The zero-order valence-corrected chi connectivity index (χ0v) is 14.0. The molecule has 1 saturated carbocycles. The van der Waals surface area contributed by atoms with Crippen molar-refractivity contribution in [3.05, 3.63) is 23.8 Å². The summed E-state index contributed by atoms with van der Waals surface area (Å²) < 4.78 is 10.6. The third kappa shape index (κ3) is 4.62. The average Bonchev–Trinajstić information content (AvgIpc) is 2.54. The molecule has 0 spiro atoms.